The highest BCUT2D eigenvalue weighted by molar-refractivity contribution is 5.93. The molecule has 7 heteroatoms. The van der Waals surface area contributed by atoms with Gasteiger partial charge in [0.2, 0.25) is 11.8 Å². The Bertz CT molecular complexity index is 596. The van der Waals surface area contributed by atoms with Crippen molar-refractivity contribution in [3.63, 3.8) is 0 Å². The number of carbonyl (C=O) groups excluding carboxylic acids is 2. The summed E-state index contributed by atoms with van der Waals surface area (Å²) in [5.41, 5.74) is -1.09. The van der Waals surface area contributed by atoms with Gasteiger partial charge in [-0.2, -0.15) is 13.2 Å². The first-order valence-electron chi connectivity index (χ1n) is 8.02. The lowest BCUT2D eigenvalue weighted by molar-refractivity contribution is -0.137. The molecular formula is C17H21F3N2O2. The first-order chi connectivity index (χ1) is 11.3. The summed E-state index contributed by atoms with van der Waals surface area (Å²) in [6, 6.07) is 5.05. The van der Waals surface area contributed by atoms with Crippen LogP contribution < -0.4 is 10.2 Å². The molecule has 4 nitrogen and oxygen atoms in total. The molecule has 0 unspecified atom stereocenters. The summed E-state index contributed by atoms with van der Waals surface area (Å²) in [5, 5.41) is 2.87. The van der Waals surface area contributed by atoms with E-state index in [4.69, 9.17) is 0 Å². The van der Waals surface area contributed by atoms with Gasteiger partial charge in [-0.15, -0.1) is 0 Å². The van der Waals surface area contributed by atoms with Gasteiger partial charge in [0, 0.05) is 25.9 Å². The Morgan fingerprint density at radius 1 is 1.21 bits per heavy atom. The molecule has 1 saturated carbocycles. The van der Waals surface area contributed by atoms with E-state index in [1.807, 2.05) is 0 Å². The monoisotopic (exact) mass is 342 g/mol. The number of alkyl halides is 3. The third kappa shape index (κ3) is 4.72. The summed E-state index contributed by atoms with van der Waals surface area (Å²) in [5.74, 6) is -0.766. The maximum atomic E-state index is 13.1. The van der Waals surface area contributed by atoms with Crippen molar-refractivity contribution in [2.45, 2.75) is 51.2 Å². The number of nitrogens with one attached hydrogen (secondary N) is 1. The largest absolute Gasteiger partial charge is 0.418 e. The van der Waals surface area contributed by atoms with E-state index < -0.39 is 17.6 Å². The summed E-state index contributed by atoms with van der Waals surface area (Å²) in [7, 11) is 0. The number of nitrogens with zero attached hydrogens (tertiary/aromatic N) is 1. The van der Waals surface area contributed by atoms with Crippen molar-refractivity contribution >= 4 is 17.5 Å². The first kappa shape index (κ1) is 18.3. The lowest BCUT2D eigenvalue weighted by Crippen LogP contribution is -2.37. The number of rotatable bonds is 5. The molecular weight excluding hydrogens is 321 g/mol. The van der Waals surface area contributed by atoms with Crippen molar-refractivity contribution in [3.8, 4) is 0 Å². The lowest BCUT2D eigenvalue weighted by atomic mass is 10.1. The summed E-state index contributed by atoms with van der Waals surface area (Å²) in [6.07, 6.45) is -0.580. The molecule has 0 bridgehead atoms. The van der Waals surface area contributed by atoms with Gasteiger partial charge in [-0.3, -0.25) is 9.59 Å². The molecule has 0 spiro atoms. The van der Waals surface area contributed by atoms with Crippen molar-refractivity contribution in [2.75, 3.05) is 11.4 Å². The Kier molecular flexibility index (Phi) is 5.85. The van der Waals surface area contributed by atoms with Crippen molar-refractivity contribution in [3.05, 3.63) is 29.8 Å². The highest BCUT2D eigenvalue weighted by atomic mass is 19.4. The molecule has 1 aromatic carbocycles. The fraction of sp³-hybridized carbons (Fsp3) is 0.529. The van der Waals surface area contributed by atoms with Gasteiger partial charge in [0.1, 0.15) is 0 Å². The first-order valence-corrected chi connectivity index (χ1v) is 8.02. The van der Waals surface area contributed by atoms with Crippen LogP contribution in [0.2, 0.25) is 0 Å². The fourth-order valence-electron chi connectivity index (χ4n) is 2.98. The minimum Gasteiger partial charge on any atom is -0.353 e. The van der Waals surface area contributed by atoms with Gasteiger partial charge in [0.05, 0.1) is 11.3 Å². The van der Waals surface area contributed by atoms with E-state index in [9.17, 15) is 22.8 Å². The van der Waals surface area contributed by atoms with Crippen LogP contribution in [0.15, 0.2) is 24.3 Å². The Morgan fingerprint density at radius 3 is 2.42 bits per heavy atom. The molecule has 0 saturated heterocycles. The number of hydrogen-bond donors (Lipinski definition) is 1. The standard InChI is InChI=1S/C17H21F3N2O2/c1-12(23)22(11-10-16(24)21-13-6-2-3-7-13)15-9-5-4-8-14(15)17(18,19)20/h4-5,8-9,13H,2-3,6-7,10-11H2,1H3,(H,21,24). The third-order valence-corrected chi connectivity index (χ3v) is 4.16. The molecule has 1 aromatic rings. The van der Waals surface area contributed by atoms with Gasteiger partial charge < -0.3 is 10.2 Å². The Labute approximate surface area is 139 Å². The van der Waals surface area contributed by atoms with Crippen LogP contribution in [0.25, 0.3) is 0 Å². The maximum Gasteiger partial charge on any atom is 0.418 e. The van der Waals surface area contributed by atoms with E-state index in [-0.39, 0.29) is 30.6 Å². The number of carbonyl (C=O) groups is 2. The van der Waals surface area contributed by atoms with Crippen LogP contribution in [0.5, 0.6) is 0 Å². The average molecular weight is 342 g/mol. The summed E-state index contributed by atoms with van der Waals surface area (Å²) in [6.45, 7) is 1.11. The van der Waals surface area contributed by atoms with Gasteiger partial charge in [-0.25, -0.2) is 0 Å². The van der Waals surface area contributed by atoms with Crippen LogP contribution in [0.4, 0.5) is 18.9 Å². The van der Waals surface area contributed by atoms with Gasteiger partial charge in [0.25, 0.3) is 0 Å². The predicted molar refractivity (Wildman–Crippen MR) is 84.5 cm³/mol. The minimum atomic E-state index is -4.56. The predicted octanol–water partition coefficient (Wildman–Crippen LogP) is 3.51. The highest BCUT2D eigenvalue weighted by Crippen LogP contribution is 2.36. The smallest absolute Gasteiger partial charge is 0.353 e. The van der Waals surface area contributed by atoms with Crippen LogP contribution >= 0.6 is 0 Å². The third-order valence-electron chi connectivity index (χ3n) is 4.16. The molecule has 1 N–H and O–H groups in total. The second kappa shape index (κ2) is 7.68. The van der Waals surface area contributed by atoms with E-state index in [0.717, 1.165) is 36.6 Å². The molecule has 1 fully saturated rings. The van der Waals surface area contributed by atoms with Crippen LogP contribution in [0.3, 0.4) is 0 Å². The van der Waals surface area contributed by atoms with Gasteiger partial charge >= 0.3 is 6.18 Å². The Balaban J connectivity index is 2.07. The minimum absolute atomic E-state index is 0.0255. The van der Waals surface area contributed by atoms with Gasteiger partial charge in [-0.05, 0) is 25.0 Å². The molecule has 24 heavy (non-hydrogen) atoms. The number of benzene rings is 1. The maximum absolute atomic E-state index is 13.1. The molecule has 1 aliphatic rings. The SMILES string of the molecule is CC(=O)N(CCC(=O)NC1CCCC1)c1ccccc1C(F)(F)F. The van der Waals surface area contributed by atoms with E-state index in [0.29, 0.717) is 0 Å². The number of hydrogen-bond acceptors (Lipinski definition) is 2. The van der Waals surface area contributed by atoms with Crippen LogP contribution in [0.1, 0.15) is 44.6 Å². The molecule has 1 aliphatic carbocycles. The number of amides is 2. The molecule has 0 atom stereocenters. The second-order valence-electron chi connectivity index (χ2n) is 5.98. The zero-order valence-electron chi connectivity index (χ0n) is 13.5. The molecule has 0 aromatic heterocycles. The van der Waals surface area contributed by atoms with E-state index >= 15 is 0 Å². The zero-order valence-corrected chi connectivity index (χ0v) is 13.5. The highest BCUT2D eigenvalue weighted by Gasteiger charge is 2.35. The van der Waals surface area contributed by atoms with Crippen molar-refractivity contribution in [2.24, 2.45) is 0 Å². The molecule has 0 heterocycles. The molecule has 2 amide bonds. The quantitative estimate of drug-likeness (QED) is 0.890. The average Bonchev–Trinajstić information content (AvgIpc) is 2.99. The molecule has 2 rings (SSSR count). The topological polar surface area (TPSA) is 49.4 Å². The number of halogens is 3. The molecule has 0 aliphatic heterocycles. The van der Waals surface area contributed by atoms with Crippen LogP contribution in [-0.2, 0) is 15.8 Å². The Morgan fingerprint density at radius 2 is 1.83 bits per heavy atom. The summed E-state index contributed by atoms with van der Waals surface area (Å²) in [4.78, 5) is 24.8. The lowest BCUT2D eigenvalue weighted by Gasteiger charge is -2.25. The van der Waals surface area contributed by atoms with E-state index in [2.05, 4.69) is 5.32 Å². The number of anilines is 1. The van der Waals surface area contributed by atoms with Gasteiger partial charge in [0.15, 0.2) is 0 Å². The zero-order chi connectivity index (χ0) is 17.7. The summed E-state index contributed by atoms with van der Waals surface area (Å²) >= 11 is 0. The van der Waals surface area contributed by atoms with Crippen LogP contribution in [-0.4, -0.2) is 24.4 Å². The van der Waals surface area contributed by atoms with E-state index in [1.165, 1.54) is 25.1 Å². The normalized spacial score (nSPS) is 15.3. The van der Waals surface area contributed by atoms with Crippen molar-refractivity contribution in [1.82, 2.24) is 5.32 Å². The van der Waals surface area contributed by atoms with E-state index in [1.54, 1.807) is 0 Å². The molecule has 0 radical (unpaired) electrons. The second-order valence-corrected chi connectivity index (χ2v) is 5.98. The molecule has 132 valence electrons. The van der Waals surface area contributed by atoms with Crippen molar-refractivity contribution < 1.29 is 22.8 Å². The fourth-order valence-corrected chi connectivity index (χ4v) is 2.98. The van der Waals surface area contributed by atoms with Gasteiger partial charge in [-0.1, -0.05) is 25.0 Å². The number of para-hydroxylation sites is 1. The van der Waals surface area contributed by atoms with Crippen LogP contribution in [0, 0.1) is 0 Å². The summed E-state index contributed by atoms with van der Waals surface area (Å²) < 4.78 is 39.4. The Hall–Kier alpha value is -2.05. The van der Waals surface area contributed by atoms with Crippen molar-refractivity contribution in [1.29, 1.82) is 0 Å².